The fraction of sp³-hybridized carbons (Fsp3) is 0.636. The van der Waals surface area contributed by atoms with Crippen LogP contribution in [-0.4, -0.2) is 22.7 Å². The molecule has 2 unspecified atom stereocenters. The molecule has 2 atom stereocenters. The second-order valence-electron chi connectivity index (χ2n) is 3.84. The molecule has 90 valence electrons. The summed E-state index contributed by atoms with van der Waals surface area (Å²) in [7, 11) is 0. The van der Waals surface area contributed by atoms with Crippen LogP contribution in [0.25, 0.3) is 0 Å². The highest BCUT2D eigenvalue weighted by atomic mass is 32.1. The van der Waals surface area contributed by atoms with E-state index in [4.69, 9.17) is 4.74 Å². The van der Waals surface area contributed by atoms with E-state index in [2.05, 4.69) is 4.98 Å². The van der Waals surface area contributed by atoms with E-state index in [1.165, 1.54) is 11.3 Å². The second kappa shape index (κ2) is 5.96. The van der Waals surface area contributed by atoms with Crippen molar-refractivity contribution in [2.45, 2.75) is 26.9 Å². The van der Waals surface area contributed by atoms with Gasteiger partial charge in [-0.05, 0) is 12.8 Å². The van der Waals surface area contributed by atoms with Gasteiger partial charge in [0.1, 0.15) is 11.1 Å². The molecule has 0 aromatic carbocycles. The quantitative estimate of drug-likeness (QED) is 0.804. The Balaban J connectivity index is 2.81. The molecule has 0 radical (unpaired) electrons. The molecule has 1 aromatic rings. The first-order valence-corrected chi connectivity index (χ1v) is 6.20. The molecule has 1 N–H and O–H groups in total. The van der Waals surface area contributed by atoms with Crippen molar-refractivity contribution in [1.29, 1.82) is 0 Å². The molecule has 0 saturated carbocycles. The zero-order valence-corrected chi connectivity index (χ0v) is 10.5. The molecule has 1 heterocycles. The molecular formula is C11H17NO3S. The molecule has 1 aromatic heterocycles. The van der Waals surface area contributed by atoms with Gasteiger partial charge in [-0.25, -0.2) is 4.98 Å². The standard InChI is InChI=1S/C11H17NO3S/c1-4-15-11(14)8(7(2)3)9(13)10-12-5-6-16-10/h5-9,13H,4H2,1-3H3. The van der Waals surface area contributed by atoms with Gasteiger partial charge in [0.05, 0.1) is 12.5 Å². The molecule has 0 aliphatic carbocycles. The lowest BCUT2D eigenvalue weighted by Gasteiger charge is -2.22. The number of carbonyl (C=O) groups is 1. The Bertz CT molecular complexity index is 324. The lowest BCUT2D eigenvalue weighted by molar-refractivity contribution is -0.154. The number of aliphatic hydroxyl groups excluding tert-OH is 1. The summed E-state index contributed by atoms with van der Waals surface area (Å²) in [6.07, 6.45) is 0.741. The molecule has 0 aliphatic heterocycles. The molecule has 0 amide bonds. The van der Waals surface area contributed by atoms with Gasteiger partial charge in [0.25, 0.3) is 0 Å². The van der Waals surface area contributed by atoms with Crippen molar-refractivity contribution < 1.29 is 14.6 Å². The van der Waals surface area contributed by atoms with Gasteiger partial charge in [-0.15, -0.1) is 11.3 Å². The van der Waals surface area contributed by atoms with Crippen LogP contribution in [0.4, 0.5) is 0 Å². The zero-order chi connectivity index (χ0) is 12.1. The van der Waals surface area contributed by atoms with Crippen molar-refractivity contribution in [3.05, 3.63) is 16.6 Å². The molecule has 1 rings (SSSR count). The van der Waals surface area contributed by atoms with Crippen LogP contribution in [0.15, 0.2) is 11.6 Å². The number of carbonyl (C=O) groups excluding carboxylic acids is 1. The van der Waals surface area contributed by atoms with E-state index in [1.807, 2.05) is 13.8 Å². The fourth-order valence-corrected chi connectivity index (χ4v) is 2.21. The molecule has 0 saturated heterocycles. The number of aromatic nitrogens is 1. The Morgan fingerprint density at radius 1 is 1.62 bits per heavy atom. The summed E-state index contributed by atoms with van der Waals surface area (Å²) in [6, 6.07) is 0. The zero-order valence-electron chi connectivity index (χ0n) is 9.71. The van der Waals surface area contributed by atoms with Crippen LogP contribution in [0.1, 0.15) is 31.9 Å². The minimum Gasteiger partial charge on any atom is -0.466 e. The number of thiazole rings is 1. The molecule has 0 aliphatic rings. The number of ether oxygens (including phenoxy) is 1. The van der Waals surface area contributed by atoms with Gasteiger partial charge in [-0.2, -0.15) is 0 Å². The number of esters is 1. The minimum absolute atomic E-state index is 0.0120. The van der Waals surface area contributed by atoms with Crippen molar-refractivity contribution in [2.24, 2.45) is 11.8 Å². The maximum atomic E-state index is 11.7. The SMILES string of the molecule is CCOC(=O)C(C(C)C)C(O)c1nccs1. The van der Waals surface area contributed by atoms with E-state index in [0.717, 1.165) is 0 Å². The van der Waals surface area contributed by atoms with Crippen LogP contribution in [0.3, 0.4) is 0 Å². The molecule has 16 heavy (non-hydrogen) atoms. The first-order chi connectivity index (χ1) is 7.57. The van der Waals surface area contributed by atoms with Crippen molar-refractivity contribution in [1.82, 2.24) is 4.98 Å². The molecule has 0 spiro atoms. The number of rotatable bonds is 5. The largest absolute Gasteiger partial charge is 0.466 e. The Morgan fingerprint density at radius 3 is 2.75 bits per heavy atom. The molecule has 0 fully saturated rings. The van der Waals surface area contributed by atoms with Crippen LogP contribution < -0.4 is 0 Å². The number of nitrogens with zero attached hydrogens (tertiary/aromatic N) is 1. The number of hydrogen-bond acceptors (Lipinski definition) is 5. The molecule has 5 heteroatoms. The van der Waals surface area contributed by atoms with Gasteiger partial charge in [0.15, 0.2) is 0 Å². The lowest BCUT2D eigenvalue weighted by atomic mass is 9.90. The predicted molar refractivity (Wildman–Crippen MR) is 62.0 cm³/mol. The van der Waals surface area contributed by atoms with Gasteiger partial charge < -0.3 is 9.84 Å². The molecule has 4 nitrogen and oxygen atoms in total. The first-order valence-electron chi connectivity index (χ1n) is 5.32. The third-order valence-corrected chi connectivity index (χ3v) is 3.17. The average Bonchev–Trinajstić information content (AvgIpc) is 2.70. The summed E-state index contributed by atoms with van der Waals surface area (Å²) < 4.78 is 4.96. The van der Waals surface area contributed by atoms with Crippen molar-refractivity contribution >= 4 is 17.3 Å². The summed E-state index contributed by atoms with van der Waals surface area (Å²) in [5.41, 5.74) is 0. The van der Waals surface area contributed by atoms with Crippen LogP contribution in [0, 0.1) is 11.8 Å². The smallest absolute Gasteiger partial charge is 0.312 e. The van der Waals surface area contributed by atoms with Crippen molar-refractivity contribution in [2.75, 3.05) is 6.61 Å². The lowest BCUT2D eigenvalue weighted by Crippen LogP contribution is -2.29. The van der Waals surface area contributed by atoms with Gasteiger partial charge in [0, 0.05) is 11.6 Å². The summed E-state index contributed by atoms with van der Waals surface area (Å²) in [5, 5.41) is 12.4. The van der Waals surface area contributed by atoms with Crippen LogP contribution in [0.2, 0.25) is 0 Å². The van der Waals surface area contributed by atoms with Gasteiger partial charge in [-0.1, -0.05) is 13.8 Å². The molecular weight excluding hydrogens is 226 g/mol. The van der Waals surface area contributed by atoms with E-state index < -0.39 is 12.0 Å². The maximum Gasteiger partial charge on any atom is 0.312 e. The van der Waals surface area contributed by atoms with Crippen molar-refractivity contribution in [3.8, 4) is 0 Å². The van der Waals surface area contributed by atoms with Crippen LogP contribution >= 0.6 is 11.3 Å². The fourth-order valence-electron chi connectivity index (χ4n) is 1.54. The summed E-state index contributed by atoms with van der Waals surface area (Å²) >= 11 is 1.34. The third-order valence-electron chi connectivity index (χ3n) is 2.32. The third kappa shape index (κ3) is 3.02. The Labute approximate surface area is 99.3 Å². The second-order valence-corrected chi connectivity index (χ2v) is 4.76. The van der Waals surface area contributed by atoms with E-state index >= 15 is 0 Å². The Hall–Kier alpha value is -0.940. The highest BCUT2D eigenvalue weighted by Crippen LogP contribution is 2.30. The van der Waals surface area contributed by atoms with Crippen molar-refractivity contribution in [3.63, 3.8) is 0 Å². The van der Waals surface area contributed by atoms with E-state index in [9.17, 15) is 9.90 Å². The summed E-state index contributed by atoms with van der Waals surface area (Å²) in [5.74, 6) is -0.899. The number of aliphatic hydroxyl groups is 1. The van der Waals surface area contributed by atoms with Gasteiger partial charge >= 0.3 is 5.97 Å². The topological polar surface area (TPSA) is 59.4 Å². The maximum absolute atomic E-state index is 11.7. The van der Waals surface area contributed by atoms with Crippen LogP contribution in [0.5, 0.6) is 0 Å². The highest BCUT2D eigenvalue weighted by Gasteiger charge is 2.33. The van der Waals surface area contributed by atoms with E-state index in [1.54, 1.807) is 18.5 Å². The Kier molecular flexibility index (Phi) is 4.89. The van der Waals surface area contributed by atoms with Gasteiger partial charge in [-0.3, -0.25) is 4.79 Å². The first kappa shape index (κ1) is 13.1. The Morgan fingerprint density at radius 2 is 2.31 bits per heavy atom. The normalized spacial score (nSPS) is 14.8. The molecule has 0 bridgehead atoms. The number of hydrogen-bond donors (Lipinski definition) is 1. The van der Waals surface area contributed by atoms with Gasteiger partial charge in [0.2, 0.25) is 0 Å². The van der Waals surface area contributed by atoms with Crippen LogP contribution in [-0.2, 0) is 9.53 Å². The average molecular weight is 243 g/mol. The minimum atomic E-state index is -0.876. The monoisotopic (exact) mass is 243 g/mol. The van der Waals surface area contributed by atoms with E-state index in [0.29, 0.717) is 11.6 Å². The highest BCUT2D eigenvalue weighted by molar-refractivity contribution is 7.09. The summed E-state index contributed by atoms with van der Waals surface area (Å²) in [4.78, 5) is 15.7. The predicted octanol–water partition coefficient (Wildman–Crippen LogP) is 2.01. The summed E-state index contributed by atoms with van der Waals surface area (Å²) in [6.45, 7) is 5.86. The van der Waals surface area contributed by atoms with E-state index in [-0.39, 0.29) is 11.9 Å².